The summed E-state index contributed by atoms with van der Waals surface area (Å²) in [5.41, 5.74) is 1.26. The zero-order valence-corrected chi connectivity index (χ0v) is 12.8. The summed E-state index contributed by atoms with van der Waals surface area (Å²) in [6.45, 7) is 9.64. The topological polar surface area (TPSA) is 0 Å². The molecule has 0 amide bonds. The van der Waals surface area contributed by atoms with E-state index < -0.39 is 0 Å². The molecule has 94 valence electrons. The van der Waals surface area contributed by atoms with E-state index in [9.17, 15) is 0 Å². The fourth-order valence-corrected chi connectivity index (χ4v) is 5.84. The molecule has 0 aromatic carbocycles. The normalized spacial score (nSPS) is 33.8. The van der Waals surface area contributed by atoms with E-state index in [2.05, 4.69) is 51.2 Å². The predicted molar refractivity (Wildman–Crippen MR) is 78.2 cm³/mol. The summed E-state index contributed by atoms with van der Waals surface area (Å²) in [7, 11) is 0. The molecule has 0 N–H and O–H groups in total. The Morgan fingerprint density at radius 2 is 1.69 bits per heavy atom. The van der Waals surface area contributed by atoms with Gasteiger partial charge < -0.3 is 0 Å². The van der Waals surface area contributed by atoms with E-state index in [1.165, 1.54) is 37.2 Å². The molecule has 2 rings (SSSR count). The Kier molecular flexibility index (Phi) is 3.91. The molecule has 2 aliphatic rings. The van der Waals surface area contributed by atoms with Gasteiger partial charge in [-0.05, 0) is 53.9 Å². The van der Waals surface area contributed by atoms with Crippen LogP contribution >= 0.6 is 23.5 Å². The minimum atomic E-state index is 0.507. The molecule has 1 aliphatic heterocycles. The van der Waals surface area contributed by atoms with Crippen LogP contribution in [0.15, 0.2) is 0 Å². The molecule has 16 heavy (non-hydrogen) atoms. The third kappa shape index (κ3) is 3.60. The Bertz CT molecular complexity index is 230. The van der Waals surface area contributed by atoms with Crippen LogP contribution in [0.3, 0.4) is 0 Å². The largest absolute Gasteiger partial charge is 0.147 e. The first kappa shape index (κ1) is 13.1. The van der Waals surface area contributed by atoms with E-state index in [1.54, 1.807) is 0 Å². The van der Waals surface area contributed by atoms with Crippen LogP contribution in [0.2, 0.25) is 0 Å². The van der Waals surface area contributed by atoms with E-state index in [0.29, 0.717) is 5.41 Å². The van der Waals surface area contributed by atoms with Gasteiger partial charge in [-0.1, -0.05) is 27.7 Å². The molecule has 0 atom stereocenters. The van der Waals surface area contributed by atoms with Crippen LogP contribution in [0.5, 0.6) is 0 Å². The first-order valence-corrected chi connectivity index (χ1v) is 8.72. The molecule has 2 fully saturated rings. The molecule has 1 aliphatic carbocycles. The maximum atomic E-state index is 2.46. The fourth-order valence-electron chi connectivity index (χ4n) is 2.14. The van der Waals surface area contributed by atoms with Crippen LogP contribution in [0.25, 0.3) is 0 Å². The average molecular weight is 258 g/mol. The van der Waals surface area contributed by atoms with Gasteiger partial charge in [0.1, 0.15) is 0 Å². The number of hydrogen-bond acceptors (Lipinski definition) is 2. The van der Waals surface area contributed by atoms with Gasteiger partial charge in [0.2, 0.25) is 0 Å². The van der Waals surface area contributed by atoms with Gasteiger partial charge in [0.25, 0.3) is 0 Å². The van der Waals surface area contributed by atoms with E-state index in [4.69, 9.17) is 0 Å². The van der Waals surface area contributed by atoms with Crippen molar-refractivity contribution in [1.82, 2.24) is 0 Å². The quantitative estimate of drug-likeness (QED) is 0.696. The zero-order valence-electron chi connectivity index (χ0n) is 11.2. The zero-order chi connectivity index (χ0) is 11.8. The van der Waals surface area contributed by atoms with Gasteiger partial charge in [-0.15, -0.1) is 23.5 Å². The van der Waals surface area contributed by atoms with E-state index in [1.807, 2.05) is 0 Å². The third-order valence-electron chi connectivity index (χ3n) is 4.28. The van der Waals surface area contributed by atoms with Gasteiger partial charge in [-0.3, -0.25) is 0 Å². The molecule has 0 spiro atoms. The Hall–Kier alpha value is 0.700. The van der Waals surface area contributed by atoms with Crippen LogP contribution in [0, 0.1) is 16.7 Å². The minimum Gasteiger partial charge on any atom is -0.147 e. The lowest BCUT2D eigenvalue weighted by molar-refractivity contribution is 0.292. The molecule has 0 aromatic heterocycles. The van der Waals surface area contributed by atoms with Crippen molar-refractivity contribution < 1.29 is 0 Å². The highest BCUT2D eigenvalue weighted by Gasteiger charge is 2.38. The molecule has 0 aromatic rings. The van der Waals surface area contributed by atoms with Crippen molar-refractivity contribution >= 4 is 23.5 Å². The second kappa shape index (κ2) is 4.76. The molecule has 1 saturated heterocycles. The van der Waals surface area contributed by atoms with E-state index >= 15 is 0 Å². The van der Waals surface area contributed by atoms with Crippen LogP contribution in [0.4, 0.5) is 0 Å². The fraction of sp³-hybridized carbons (Fsp3) is 1.00. The molecule has 0 unspecified atom stereocenters. The van der Waals surface area contributed by atoms with Gasteiger partial charge in [0.05, 0.1) is 4.58 Å². The molecule has 1 saturated carbocycles. The number of hydrogen-bond donors (Lipinski definition) is 0. The van der Waals surface area contributed by atoms with Crippen molar-refractivity contribution in [2.24, 2.45) is 16.7 Å². The van der Waals surface area contributed by atoms with Crippen molar-refractivity contribution in [1.29, 1.82) is 0 Å². The van der Waals surface area contributed by atoms with Gasteiger partial charge >= 0.3 is 0 Å². The molecular weight excluding hydrogens is 232 g/mol. The van der Waals surface area contributed by atoms with Crippen LogP contribution in [-0.2, 0) is 0 Å². The SMILES string of the molecule is CC1(CCC2SCC(C(C)(C)C)CS2)CC1. The number of thioether (sulfide) groups is 2. The maximum Gasteiger partial charge on any atom is 0.0502 e. The number of rotatable bonds is 3. The molecule has 0 radical (unpaired) electrons. The highest BCUT2D eigenvalue weighted by atomic mass is 32.2. The van der Waals surface area contributed by atoms with E-state index in [0.717, 1.165) is 15.9 Å². The summed E-state index contributed by atoms with van der Waals surface area (Å²) in [5.74, 6) is 3.69. The molecule has 0 nitrogen and oxygen atoms in total. The average Bonchev–Trinajstić information content (AvgIpc) is 2.94. The van der Waals surface area contributed by atoms with Crippen LogP contribution in [-0.4, -0.2) is 16.1 Å². The highest BCUT2D eigenvalue weighted by Crippen LogP contribution is 2.51. The highest BCUT2D eigenvalue weighted by molar-refractivity contribution is 8.17. The van der Waals surface area contributed by atoms with Crippen molar-refractivity contribution in [3.8, 4) is 0 Å². The Balaban J connectivity index is 1.69. The smallest absolute Gasteiger partial charge is 0.0502 e. The molecule has 2 heteroatoms. The monoisotopic (exact) mass is 258 g/mol. The third-order valence-corrected chi connectivity index (χ3v) is 7.50. The maximum absolute atomic E-state index is 2.46. The van der Waals surface area contributed by atoms with Crippen molar-refractivity contribution in [2.75, 3.05) is 11.5 Å². The lowest BCUT2D eigenvalue weighted by Crippen LogP contribution is -2.29. The summed E-state index contributed by atoms with van der Waals surface area (Å²) >= 11 is 4.46. The Morgan fingerprint density at radius 1 is 1.12 bits per heavy atom. The lowest BCUT2D eigenvalue weighted by Gasteiger charge is -2.36. The van der Waals surface area contributed by atoms with Crippen LogP contribution in [0.1, 0.15) is 53.4 Å². The van der Waals surface area contributed by atoms with Gasteiger partial charge in [-0.25, -0.2) is 0 Å². The second-order valence-corrected chi connectivity index (χ2v) is 9.78. The van der Waals surface area contributed by atoms with Gasteiger partial charge in [0.15, 0.2) is 0 Å². The van der Waals surface area contributed by atoms with Gasteiger partial charge in [0, 0.05) is 0 Å². The lowest BCUT2D eigenvalue weighted by atomic mass is 9.83. The van der Waals surface area contributed by atoms with Crippen molar-refractivity contribution in [3.63, 3.8) is 0 Å². The second-order valence-electron chi connectivity index (χ2n) is 7.01. The summed E-state index contributed by atoms with van der Waals surface area (Å²) in [6.07, 6.45) is 5.89. The molecular formula is C14H26S2. The first-order valence-electron chi connectivity index (χ1n) is 6.62. The molecule has 1 heterocycles. The summed E-state index contributed by atoms with van der Waals surface area (Å²) in [5, 5.41) is 0. The predicted octanol–water partition coefficient (Wildman–Crippen LogP) is 5.04. The Labute approximate surface area is 110 Å². The summed E-state index contributed by atoms with van der Waals surface area (Å²) in [4.78, 5) is 0. The first-order chi connectivity index (χ1) is 7.39. The van der Waals surface area contributed by atoms with Gasteiger partial charge in [-0.2, -0.15) is 0 Å². The van der Waals surface area contributed by atoms with E-state index in [-0.39, 0.29) is 0 Å². The summed E-state index contributed by atoms with van der Waals surface area (Å²) in [6, 6.07) is 0. The summed E-state index contributed by atoms with van der Waals surface area (Å²) < 4.78 is 0.899. The Morgan fingerprint density at radius 3 is 2.12 bits per heavy atom. The minimum absolute atomic E-state index is 0.507. The standard InChI is InChI=1S/C14H26S2/c1-13(2,3)11-9-15-12(16-10-11)5-6-14(4)7-8-14/h11-12H,5-10H2,1-4H3. The molecule has 0 bridgehead atoms. The van der Waals surface area contributed by atoms with Crippen LogP contribution < -0.4 is 0 Å². The van der Waals surface area contributed by atoms with Crippen molar-refractivity contribution in [3.05, 3.63) is 0 Å². The van der Waals surface area contributed by atoms with Crippen molar-refractivity contribution in [2.45, 2.75) is 58.0 Å².